The highest BCUT2D eigenvalue weighted by molar-refractivity contribution is 6.30. The Hall–Kier alpha value is -2.01. The minimum atomic E-state index is -0.566. The molecule has 0 unspecified atom stereocenters. The quantitative estimate of drug-likeness (QED) is 0.927. The number of hydrogen-bond acceptors (Lipinski definition) is 4. The zero-order valence-electron chi connectivity index (χ0n) is 9.64. The van der Waals surface area contributed by atoms with E-state index in [0.717, 1.165) is 5.56 Å². The largest absolute Gasteiger partial charge is 0.414 e. The van der Waals surface area contributed by atoms with Crippen molar-refractivity contribution in [3.63, 3.8) is 0 Å². The second-order valence-corrected chi connectivity index (χ2v) is 3.90. The first-order valence-corrected chi connectivity index (χ1v) is 5.75. The van der Waals surface area contributed by atoms with Crippen molar-refractivity contribution in [1.82, 2.24) is 10.5 Å². The van der Waals surface area contributed by atoms with Crippen molar-refractivity contribution >= 4 is 17.7 Å². The van der Waals surface area contributed by atoms with Crippen LogP contribution in [0, 0.1) is 0 Å². The molecule has 1 heterocycles. The van der Waals surface area contributed by atoms with Gasteiger partial charge in [0.25, 0.3) is 5.88 Å². The van der Waals surface area contributed by atoms with E-state index in [9.17, 15) is 4.79 Å². The standard InChI is InChI=1S/C12H11ClN2O3/c1-2-14-12(16)17-11-7-10(18-15-11)8-4-3-5-9(13)6-8/h3-7H,2H2,1H3,(H,14,16). The molecule has 1 aromatic carbocycles. The molecule has 18 heavy (non-hydrogen) atoms. The van der Waals surface area contributed by atoms with Crippen molar-refractivity contribution in [3.8, 4) is 17.2 Å². The third kappa shape index (κ3) is 3.01. The van der Waals surface area contributed by atoms with E-state index < -0.39 is 6.09 Å². The van der Waals surface area contributed by atoms with Crippen molar-refractivity contribution < 1.29 is 14.1 Å². The molecule has 0 saturated carbocycles. The van der Waals surface area contributed by atoms with Crippen LogP contribution in [0.3, 0.4) is 0 Å². The van der Waals surface area contributed by atoms with Crippen LogP contribution in [0.15, 0.2) is 34.9 Å². The lowest BCUT2D eigenvalue weighted by Crippen LogP contribution is -2.26. The highest BCUT2D eigenvalue weighted by Crippen LogP contribution is 2.25. The molecule has 0 bridgehead atoms. The fourth-order valence-electron chi connectivity index (χ4n) is 1.36. The predicted octanol–water partition coefficient (Wildman–Crippen LogP) is 3.10. The van der Waals surface area contributed by atoms with Crippen LogP contribution < -0.4 is 10.1 Å². The second kappa shape index (κ2) is 5.55. The first-order valence-electron chi connectivity index (χ1n) is 5.37. The summed E-state index contributed by atoms with van der Waals surface area (Å²) in [6.07, 6.45) is -0.566. The summed E-state index contributed by atoms with van der Waals surface area (Å²) in [6, 6.07) is 8.64. The number of ether oxygens (including phenoxy) is 1. The first-order chi connectivity index (χ1) is 8.69. The molecule has 0 fully saturated rings. The fourth-order valence-corrected chi connectivity index (χ4v) is 1.55. The maximum atomic E-state index is 11.2. The molecule has 1 amide bonds. The maximum absolute atomic E-state index is 11.2. The van der Waals surface area contributed by atoms with Gasteiger partial charge in [0.2, 0.25) is 0 Å². The summed E-state index contributed by atoms with van der Waals surface area (Å²) in [6.45, 7) is 2.28. The maximum Gasteiger partial charge on any atom is 0.414 e. The molecule has 0 atom stereocenters. The van der Waals surface area contributed by atoms with E-state index >= 15 is 0 Å². The molecule has 94 valence electrons. The van der Waals surface area contributed by atoms with Gasteiger partial charge in [-0.15, -0.1) is 0 Å². The minimum absolute atomic E-state index is 0.107. The number of benzene rings is 1. The SMILES string of the molecule is CCNC(=O)Oc1cc(-c2cccc(Cl)c2)on1. The van der Waals surface area contributed by atoms with Gasteiger partial charge in [-0.3, -0.25) is 0 Å². The topological polar surface area (TPSA) is 64.4 Å². The summed E-state index contributed by atoms with van der Waals surface area (Å²) in [4.78, 5) is 11.2. The van der Waals surface area contributed by atoms with E-state index in [0.29, 0.717) is 17.3 Å². The van der Waals surface area contributed by atoms with Crippen LogP contribution in [0.1, 0.15) is 6.92 Å². The van der Waals surface area contributed by atoms with Crippen LogP contribution in [0.5, 0.6) is 5.88 Å². The second-order valence-electron chi connectivity index (χ2n) is 3.46. The summed E-state index contributed by atoms with van der Waals surface area (Å²) in [5.41, 5.74) is 0.765. The Kier molecular flexibility index (Phi) is 3.84. The third-order valence-corrected chi connectivity index (χ3v) is 2.35. The van der Waals surface area contributed by atoms with Crippen LogP contribution >= 0.6 is 11.6 Å². The van der Waals surface area contributed by atoms with Crippen LogP contribution in [0.25, 0.3) is 11.3 Å². The summed E-state index contributed by atoms with van der Waals surface area (Å²) in [5, 5.41) is 6.72. The van der Waals surface area contributed by atoms with Gasteiger partial charge in [-0.05, 0) is 24.2 Å². The Bertz CT molecular complexity index is 554. The average Bonchev–Trinajstić information content (AvgIpc) is 2.78. The van der Waals surface area contributed by atoms with Crippen molar-refractivity contribution in [2.75, 3.05) is 6.54 Å². The molecule has 1 aromatic heterocycles. The van der Waals surface area contributed by atoms with Gasteiger partial charge in [0, 0.05) is 17.1 Å². The highest BCUT2D eigenvalue weighted by atomic mass is 35.5. The summed E-state index contributed by atoms with van der Waals surface area (Å²) < 4.78 is 9.97. The monoisotopic (exact) mass is 266 g/mol. The van der Waals surface area contributed by atoms with Crippen LogP contribution in [0.4, 0.5) is 4.79 Å². The molecule has 0 saturated heterocycles. The van der Waals surface area contributed by atoms with E-state index in [4.69, 9.17) is 20.9 Å². The molecule has 0 aliphatic heterocycles. The van der Waals surface area contributed by atoms with Gasteiger partial charge in [0.15, 0.2) is 5.76 Å². The lowest BCUT2D eigenvalue weighted by molar-refractivity contribution is 0.196. The normalized spacial score (nSPS) is 10.1. The molecule has 2 aromatic rings. The van der Waals surface area contributed by atoms with E-state index in [1.807, 2.05) is 6.07 Å². The number of carbonyl (C=O) groups excluding carboxylic acids is 1. The molecular formula is C12H11ClN2O3. The number of rotatable bonds is 3. The van der Waals surface area contributed by atoms with Gasteiger partial charge in [0.05, 0.1) is 6.07 Å². The molecule has 0 aliphatic rings. The summed E-state index contributed by atoms with van der Waals surface area (Å²) in [5.74, 6) is 0.590. The fraction of sp³-hybridized carbons (Fsp3) is 0.167. The van der Waals surface area contributed by atoms with Gasteiger partial charge in [-0.2, -0.15) is 0 Å². The Morgan fingerprint density at radius 2 is 2.33 bits per heavy atom. The number of amides is 1. The van der Waals surface area contributed by atoms with Crippen LogP contribution in [-0.4, -0.2) is 17.8 Å². The lowest BCUT2D eigenvalue weighted by Gasteiger charge is -1.98. The smallest absolute Gasteiger partial charge is 0.388 e. The van der Waals surface area contributed by atoms with Crippen molar-refractivity contribution in [1.29, 1.82) is 0 Å². The molecular weight excluding hydrogens is 256 g/mol. The highest BCUT2D eigenvalue weighted by Gasteiger charge is 2.10. The number of aromatic nitrogens is 1. The van der Waals surface area contributed by atoms with Gasteiger partial charge in [-0.1, -0.05) is 23.7 Å². The Morgan fingerprint density at radius 3 is 3.06 bits per heavy atom. The third-order valence-electron chi connectivity index (χ3n) is 2.12. The number of carbonyl (C=O) groups is 1. The number of halogens is 1. The van der Waals surface area contributed by atoms with Crippen molar-refractivity contribution in [2.45, 2.75) is 6.92 Å². The Morgan fingerprint density at radius 1 is 1.50 bits per heavy atom. The zero-order valence-corrected chi connectivity index (χ0v) is 10.4. The molecule has 1 N–H and O–H groups in total. The number of nitrogens with zero attached hydrogens (tertiary/aromatic N) is 1. The van der Waals surface area contributed by atoms with Crippen molar-refractivity contribution in [3.05, 3.63) is 35.4 Å². The van der Waals surface area contributed by atoms with Gasteiger partial charge < -0.3 is 14.6 Å². The molecule has 2 rings (SSSR count). The lowest BCUT2D eigenvalue weighted by atomic mass is 10.2. The Balaban J connectivity index is 2.13. The van der Waals surface area contributed by atoms with E-state index in [1.165, 1.54) is 6.07 Å². The molecule has 6 heteroatoms. The van der Waals surface area contributed by atoms with Crippen LogP contribution in [0.2, 0.25) is 5.02 Å². The van der Waals surface area contributed by atoms with E-state index in [-0.39, 0.29) is 5.88 Å². The molecule has 5 nitrogen and oxygen atoms in total. The predicted molar refractivity (Wildman–Crippen MR) is 66.6 cm³/mol. The Labute approximate surface area is 109 Å². The van der Waals surface area contributed by atoms with Gasteiger partial charge in [0.1, 0.15) is 0 Å². The minimum Gasteiger partial charge on any atom is -0.388 e. The number of hydrogen-bond donors (Lipinski definition) is 1. The number of nitrogens with one attached hydrogen (secondary N) is 1. The zero-order chi connectivity index (χ0) is 13.0. The first kappa shape index (κ1) is 12.4. The van der Waals surface area contributed by atoms with Gasteiger partial charge in [-0.25, -0.2) is 4.79 Å². The van der Waals surface area contributed by atoms with Crippen LogP contribution in [-0.2, 0) is 0 Å². The van der Waals surface area contributed by atoms with E-state index in [1.54, 1.807) is 25.1 Å². The summed E-state index contributed by atoms with van der Waals surface area (Å²) in [7, 11) is 0. The van der Waals surface area contributed by atoms with E-state index in [2.05, 4.69) is 10.5 Å². The van der Waals surface area contributed by atoms with Gasteiger partial charge >= 0.3 is 6.09 Å². The molecule has 0 spiro atoms. The summed E-state index contributed by atoms with van der Waals surface area (Å²) >= 11 is 5.87. The molecule has 0 radical (unpaired) electrons. The van der Waals surface area contributed by atoms with Crippen molar-refractivity contribution in [2.24, 2.45) is 0 Å². The molecule has 0 aliphatic carbocycles. The average molecular weight is 267 g/mol.